The Kier molecular flexibility index (Phi) is 5.33. The number of carbonyl (C=O) groups excluding carboxylic acids is 1. The van der Waals surface area contributed by atoms with Gasteiger partial charge in [-0.15, -0.1) is 0 Å². The Balaban J connectivity index is 1.62. The van der Waals surface area contributed by atoms with Crippen LogP contribution in [-0.4, -0.2) is 22.4 Å². The molecule has 1 heterocycles. The second-order valence-electron chi connectivity index (χ2n) is 5.36. The Labute approximate surface area is 145 Å². The van der Waals surface area contributed by atoms with E-state index in [-0.39, 0.29) is 11.9 Å². The Morgan fingerprint density at radius 3 is 2.32 bits per heavy atom. The molecule has 0 aliphatic rings. The summed E-state index contributed by atoms with van der Waals surface area (Å²) in [6.07, 6.45) is 3.68. The zero-order chi connectivity index (χ0) is 17.5. The number of amides is 1. The van der Waals surface area contributed by atoms with Gasteiger partial charge in [0.2, 0.25) is 0 Å². The van der Waals surface area contributed by atoms with Gasteiger partial charge in [0.15, 0.2) is 0 Å². The van der Waals surface area contributed by atoms with Crippen LogP contribution >= 0.6 is 0 Å². The Morgan fingerprint density at radius 2 is 1.68 bits per heavy atom. The molecule has 3 N–H and O–H groups in total. The largest absolute Gasteiger partial charge is 0.424 e. The first-order valence-corrected chi connectivity index (χ1v) is 7.90. The monoisotopic (exact) mass is 334 g/mol. The minimum Gasteiger partial charge on any atom is -0.424 e. The normalized spacial score (nSPS) is 10.3. The van der Waals surface area contributed by atoms with Crippen molar-refractivity contribution in [1.29, 1.82) is 0 Å². The van der Waals surface area contributed by atoms with Crippen molar-refractivity contribution in [2.24, 2.45) is 5.73 Å². The van der Waals surface area contributed by atoms with E-state index in [4.69, 9.17) is 10.5 Å². The summed E-state index contributed by atoms with van der Waals surface area (Å²) in [5.41, 5.74) is 7.71. The number of ether oxygens (including phenoxy) is 1. The molecule has 6 nitrogen and oxygen atoms in total. The number of nitrogens with zero attached hydrogens (tertiary/aromatic N) is 2. The standard InChI is InChI=1S/C19H18N4O2/c20-11-10-14-6-8-16(9-7-14)23-18(24)15-12-21-19(22-13-15)25-17-4-2-1-3-5-17/h1-9,12-13H,10-11,20H2,(H,23,24). The third-order valence-corrected chi connectivity index (χ3v) is 3.49. The van der Waals surface area contributed by atoms with Crippen LogP contribution in [0.3, 0.4) is 0 Å². The predicted octanol–water partition coefficient (Wildman–Crippen LogP) is 3.02. The first-order chi connectivity index (χ1) is 12.2. The number of nitrogens with two attached hydrogens (primary N) is 1. The van der Waals surface area contributed by atoms with Crippen LogP contribution in [0.1, 0.15) is 15.9 Å². The van der Waals surface area contributed by atoms with E-state index >= 15 is 0 Å². The van der Waals surface area contributed by atoms with Crippen molar-refractivity contribution in [3.63, 3.8) is 0 Å². The zero-order valence-electron chi connectivity index (χ0n) is 13.6. The molecule has 0 aliphatic heterocycles. The molecule has 1 aromatic heterocycles. The van der Waals surface area contributed by atoms with Crippen molar-refractivity contribution < 1.29 is 9.53 Å². The van der Waals surface area contributed by atoms with Gasteiger partial charge in [0.05, 0.1) is 5.56 Å². The average Bonchev–Trinajstić information content (AvgIpc) is 2.65. The van der Waals surface area contributed by atoms with E-state index in [1.54, 1.807) is 12.1 Å². The second-order valence-corrected chi connectivity index (χ2v) is 5.36. The maximum atomic E-state index is 12.2. The fourth-order valence-corrected chi connectivity index (χ4v) is 2.20. The van der Waals surface area contributed by atoms with Crippen LogP contribution in [-0.2, 0) is 6.42 Å². The van der Waals surface area contributed by atoms with E-state index in [2.05, 4.69) is 15.3 Å². The lowest BCUT2D eigenvalue weighted by Gasteiger charge is -2.07. The molecule has 0 saturated heterocycles. The summed E-state index contributed by atoms with van der Waals surface area (Å²) in [6.45, 7) is 0.598. The molecule has 126 valence electrons. The minimum absolute atomic E-state index is 0.189. The van der Waals surface area contributed by atoms with Gasteiger partial charge in [-0.05, 0) is 42.8 Å². The summed E-state index contributed by atoms with van der Waals surface area (Å²) in [5, 5.41) is 2.81. The first kappa shape index (κ1) is 16.6. The molecule has 3 aromatic rings. The Morgan fingerprint density at radius 1 is 1.00 bits per heavy atom. The van der Waals surface area contributed by atoms with Gasteiger partial charge >= 0.3 is 6.01 Å². The van der Waals surface area contributed by atoms with E-state index in [0.717, 1.165) is 12.0 Å². The highest BCUT2D eigenvalue weighted by Crippen LogP contribution is 2.17. The lowest BCUT2D eigenvalue weighted by atomic mass is 10.1. The zero-order valence-corrected chi connectivity index (χ0v) is 13.6. The average molecular weight is 334 g/mol. The topological polar surface area (TPSA) is 90.1 Å². The van der Waals surface area contributed by atoms with Gasteiger partial charge in [-0.2, -0.15) is 0 Å². The Hall–Kier alpha value is -3.25. The number of hydrogen-bond donors (Lipinski definition) is 2. The van der Waals surface area contributed by atoms with Gasteiger partial charge in [0, 0.05) is 18.1 Å². The molecule has 0 fully saturated rings. The number of hydrogen-bond acceptors (Lipinski definition) is 5. The van der Waals surface area contributed by atoms with Crippen LogP contribution in [0.2, 0.25) is 0 Å². The number of rotatable bonds is 6. The molecule has 0 saturated carbocycles. The molecule has 0 unspecified atom stereocenters. The van der Waals surface area contributed by atoms with Gasteiger partial charge in [-0.25, -0.2) is 9.97 Å². The van der Waals surface area contributed by atoms with Crippen molar-refractivity contribution in [1.82, 2.24) is 9.97 Å². The fourth-order valence-electron chi connectivity index (χ4n) is 2.20. The van der Waals surface area contributed by atoms with Crippen LogP contribution in [0.25, 0.3) is 0 Å². The van der Waals surface area contributed by atoms with Crippen LogP contribution < -0.4 is 15.8 Å². The molecule has 6 heteroatoms. The van der Waals surface area contributed by atoms with E-state index in [9.17, 15) is 4.79 Å². The lowest BCUT2D eigenvalue weighted by molar-refractivity contribution is 0.102. The summed E-state index contributed by atoms with van der Waals surface area (Å²) < 4.78 is 5.50. The molecular weight excluding hydrogens is 316 g/mol. The molecule has 0 bridgehead atoms. The maximum Gasteiger partial charge on any atom is 0.321 e. The van der Waals surface area contributed by atoms with E-state index < -0.39 is 0 Å². The smallest absolute Gasteiger partial charge is 0.321 e. The van der Waals surface area contributed by atoms with Crippen LogP contribution in [0.4, 0.5) is 5.69 Å². The molecule has 0 spiro atoms. The summed E-state index contributed by atoms with van der Waals surface area (Å²) in [7, 11) is 0. The second kappa shape index (κ2) is 8.03. The third-order valence-electron chi connectivity index (χ3n) is 3.49. The molecular formula is C19H18N4O2. The van der Waals surface area contributed by atoms with Gasteiger partial charge in [-0.1, -0.05) is 30.3 Å². The van der Waals surface area contributed by atoms with Gasteiger partial charge < -0.3 is 15.8 Å². The van der Waals surface area contributed by atoms with Crippen molar-refractivity contribution >= 4 is 11.6 Å². The van der Waals surface area contributed by atoms with Crippen LogP contribution in [0, 0.1) is 0 Å². The molecule has 3 rings (SSSR count). The van der Waals surface area contributed by atoms with Gasteiger partial charge in [0.25, 0.3) is 5.91 Å². The summed E-state index contributed by atoms with van der Waals surface area (Å²) in [6, 6.07) is 17.0. The molecule has 0 atom stereocenters. The molecule has 25 heavy (non-hydrogen) atoms. The highest BCUT2D eigenvalue weighted by molar-refractivity contribution is 6.03. The fraction of sp³-hybridized carbons (Fsp3) is 0.105. The van der Waals surface area contributed by atoms with Crippen molar-refractivity contribution in [3.05, 3.63) is 78.1 Å². The van der Waals surface area contributed by atoms with Crippen LogP contribution in [0.5, 0.6) is 11.8 Å². The number of benzene rings is 2. The van der Waals surface area contributed by atoms with Crippen molar-refractivity contribution in [2.45, 2.75) is 6.42 Å². The molecule has 2 aromatic carbocycles. The highest BCUT2D eigenvalue weighted by atomic mass is 16.5. The molecule has 0 radical (unpaired) electrons. The molecule has 1 amide bonds. The Bertz CT molecular complexity index is 818. The summed E-state index contributed by atoms with van der Waals surface area (Å²) in [4.78, 5) is 20.4. The number of para-hydroxylation sites is 1. The van der Waals surface area contributed by atoms with E-state index in [1.807, 2.05) is 42.5 Å². The van der Waals surface area contributed by atoms with E-state index in [0.29, 0.717) is 23.5 Å². The molecule has 0 aliphatic carbocycles. The summed E-state index contributed by atoms with van der Waals surface area (Å²) in [5.74, 6) is 0.357. The third kappa shape index (κ3) is 4.62. The van der Waals surface area contributed by atoms with Crippen molar-refractivity contribution in [3.8, 4) is 11.8 Å². The van der Waals surface area contributed by atoms with Gasteiger partial charge in [-0.3, -0.25) is 4.79 Å². The quantitative estimate of drug-likeness (QED) is 0.723. The van der Waals surface area contributed by atoms with E-state index in [1.165, 1.54) is 12.4 Å². The number of carbonyl (C=O) groups is 1. The summed E-state index contributed by atoms with van der Waals surface area (Å²) >= 11 is 0. The highest BCUT2D eigenvalue weighted by Gasteiger charge is 2.08. The number of anilines is 1. The van der Waals surface area contributed by atoms with Crippen LogP contribution in [0.15, 0.2) is 67.0 Å². The van der Waals surface area contributed by atoms with Gasteiger partial charge in [0.1, 0.15) is 5.75 Å². The lowest BCUT2D eigenvalue weighted by Crippen LogP contribution is -2.13. The van der Waals surface area contributed by atoms with Crippen molar-refractivity contribution in [2.75, 3.05) is 11.9 Å². The number of aromatic nitrogens is 2. The minimum atomic E-state index is -0.280. The number of nitrogens with one attached hydrogen (secondary N) is 1. The predicted molar refractivity (Wildman–Crippen MR) is 95.7 cm³/mol. The first-order valence-electron chi connectivity index (χ1n) is 7.90. The maximum absolute atomic E-state index is 12.2. The SMILES string of the molecule is NCCc1ccc(NC(=O)c2cnc(Oc3ccccc3)nc2)cc1.